The first kappa shape index (κ1) is 16.9. The van der Waals surface area contributed by atoms with E-state index in [1.165, 1.54) is 6.92 Å². The Morgan fingerprint density at radius 2 is 1.96 bits per heavy atom. The second-order valence-electron chi connectivity index (χ2n) is 6.97. The van der Waals surface area contributed by atoms with Crippen molar-refractivity contribution in [1.29, 1.82) is 0 Å². The molecule has 1 saturated heterocycles. The molecule has 0 aromatic heterocycles. The van der Waals surface area contributed by atoms with Crippen LogP contribution in [0.5, 0.6) is 0 Å². The quantitative estimate of drug-likeness (QED) is 0.825. The van der Waals surface area contributed by atoms with Gasteiger partial charge in [0.15, 0.2) is 0 Å². The standard InChI is InChI=1S/C18H25N3O3/c1-13-18(8-9-18)10-16(17(23)20-19-14(2)22)11-21(13)24-12-15-6-4-3-5-7-15/h3-7,13,16H,8-12H2,1-2H3,(H,19,22)(H,20,23)/t13-,16?/m1/s1. The van der Waals surface area contributed by atoms with Gasteiger partial charge in [-0.1, -0.05) is 30.3 Å². The molecular weight excluding hydrogens is 306 g/mol. The molecule has 130 valence electrons. The van der Waals surface area contributed by atoms with E-state index in [0.717, 1.165) is 24.8 Å². The lowest BCUT2D eigenvalue weighted by molar-refractivity contribution is -0.229. The third-order valence-corrected chi connectivity index (χ3v) is 5.24. The van der Waals surface area contributed by atoms with E-state index in [1.54, 1.807) is 0 Å². The van der Waals surface area contributed by atoms with Gasteiger partial charge >= 0.3 is 0 Å². The van der Waals surface area contributed by atoms with E-state index in [2.05, 4.69) is 17.8 Å². The van der Waals surface area contributed by atoms with Crippen LogP contribution in [0.15, 0.2) is 30.3 Å². The highest BCUT2D eigenvalue weighted by atomic mass is 16.7. The summed E-state index contributed by atoms with van der Waals surface area (Å²) in [4.78, 5) is 29.4. The zero-order chi connectivity index (χ0) is 17.2. The average Bonchev–Trinajstić information content (AvgIpc) is 3.35. The molecule has 2 amide bonds. The Labute approximate surface area is 142 Å². The van der Waals surface area contributed by atoms with Gasteiger partial charge in [-0.15, -0.1) is 0 Å². The summed E-state index contributed by atoms with van der Waals surface area (Å²) in [6, 6.07) is 10.3. The first-order valence-corrected chi connectivity index (χ1v) is 8.50. The maximum absolute atomic E-state index is 12.3. The van der Waals surface area contributed by atoms with Crippen LogP contribution < -0.4 is 10.9 Å². The van der Waals surface area contributed by atoms with Gasteiger partial charge in [0, 0.05) is 19.5 Å². The molecule has 1 aromatic rings. The summed E-state index contributed by atoms with van der Waals surface area (Å²) in [5, 5.41) is 1.96. The summed E-state index contributed by atoms with van der Waals surface area (Å²) in [5.41, 5.74) is 6.17. The summed E-state index contributed by atoms with van der Waals surface area (Å²) in [7, 11) is 0. The molecule has 0 bridgehead atoms. The molecule has 1 unspecified atom stereocenters. The van der Waals surface area contributed by atoms with Crippen LogP contribution in [0.1, 0.15) is 38.7 Å². The van der Waals surface area contributed by atoms with Gasteiger partial charge in [-0.05, 0) is 37.2 Å². The highest BCUT2D eigenvalue weighted by molar-refractivity contribution is 5.82. The van der Waals surface area contributed by atoms with Gasteiger partial charge in [-0.3, -0.25) is 25.3 Å². The number of rotatable bonds is 4. The lowest BCUT2D eigenvalue weighted by Gasteiger charge is -2.42. The molecule has 2 fully saturated rings. The van der Waals surface area contributed by atoms with E-state index in [-0.39, 0.29) is 23.1 Å². The minimum atomic E-state index is -0.272. The van der Waals surface area contributed by atoms with E-state index in [0.29, 0.717) is 19.2 Å². The van der Waals surface area contributed by atoms with Gasteiger partial charge in [-0.25, -0.2) is 0 Å². The fourth-order valence-corrected chi connectivity index (χ4v) is 3.51. The lowest BCUT2D eigenvalue weighted by atomic mass is 9.81. The molecule has 6 nitrogen and oxygen atoms in total. The number of carbonyl (C=O) groups excluding carboxylic acids is 2. The average molecular weight is 331 g/mol. The van der Waals surface area contributed by atoms with Crippen molar-refractivity contribution in [2.45, 2.75) is 45.8 Å². The topological polar surface area (TPSA) is 70.7 Å². The molecule has 1 aromatic carbocycles. The molecule has 0 radical (unpaired) electrons. The highest BCUT2D eigenvalue weighted by Gasteiger charge is 2.55. The lowest BCUT2D eigenvalue weighted by Crippen LogP contribution is -2.54. The number of piperidine rings is 1. The third kappa shape index (κ3) is 3.76. The number of hydroxylamine groups is 2. The summed E-state index contributed by atoms with van der Waals surface area (Å²) in [5.74, 6) is -0.589. The Balaban J connectivity index is 1.62. The number of hydrogen-bond donors (Lipinski definition) is 2. The maximum Gasteiger partial charge on any atom is 0.242 e. The van der Waals surface area contributed by atoms with Crippen molar-refractivity contribution >= 4 is 11.8 Å². The Morgan fingerprint density at radius 1 is 1.25 bits per heavy atom. The number of nitrogens with one attached hydrogen (secondary N) is 2. The predicted molar refractivity (Wildman–Crippen MR) is 89.1 cm³/mol. The van der Waals surface area contributed by atoms with Crippen LogP contribution in [0, 0.1) is 11.3 Å². The molecule has 1 aliphatic heterocycles. The molecular formula is C18H25N3O3. The van der Waals surface area contributed by atoms with Crippen molar-refractivity contribution in [3.63, 3.8) is 0 Å². The zero-order valence-electron chi connectivity index (χ0n) is 14.2. The third-order valence-electron chi connectivity index (χ3n) is 5.24. The number of hydrogen-bond acceptors (Lipinski definition) is 4. The van der Waals surface area contributed by atoms with Gasteiger partial charge in [0.1, 0.15) is 0 Å². The fourth-order valence-electron chi connectivity index (χ4n) is 3.51. The Kier molecular flexibility index (Phi) is 4.87. The van der Waals surface area contributed by atoms with Crippen LogP contribution >= 0.6 is 0 Å². The minimum Gasteiger partial charge on any atom is -0.294 e. The van der Waals surface area contributed by atoms with Crippen LogP contribution in [0.3, 0.4) is 0 Å². The van der Waals surface area contributed by atoms with Gasteiger partial charge in [0.2, 0.25) is 11.8 Å². The van der Waals surface area contributed by atoms with Crippen molar-refractivity contribution in [3.05, 3.63) is 35.9 Å². The van der Waals surface area contributed by atoms with Gasteiger partial charge in [0.25, 0.3) is 0 Å². The molecule has 1 saturated carbocycles. The van der Waals surface area contributed by atoms with Crippen molar-refractivity contribution in [3.8, 4) is 0 Å². The Hall–Kier alpha value is -1.92. The summed E-state index contributed by atoms with van der Waals surface area (Å²) >= 11 is 0. The number of carbonyl (C=O) groups is 2. The SMILES string of the molecule is CC(=O)NNC(=O)C1CN(OCc2ccccc2)[C@H](C)C2(CC2)C1. The molecule has 1 aliphatic carbocycles. The number of amides is 2. The summed E-state index contributed by atoms with van der Waals surface area (Å²) in [6.07, 6.45) is 3.11. The van der Waals surface area contributed by atoms with Crippen LogP contribution in [0.25, 0.3) is 0 Å². The van der Waals surface area contributed by atoms with E-state index in [9.17, 15) is 9.59 Å². The van der Waals surface area contributed by atoms with E-state index in [1.807, 2.05) is 35.4 Å². The van der Waals surface area contributed by atoms with Crippen LogP contribution in [0.4, 0.5) is 0 Å². The van der Waals surface area contributed by atoms with Crippen LogP contribution in [-0.4, -0.2) is 29.5 Å². The highest BCUT2D eigenvalue weighted by Crippen LogP contribution is 2.57. The number of nitrogens with zero attached hydrogens (tertiary/aromatic N) is 1. The summed E-state index contributed by atoms with van der Waals surface area (Å²) in [6.45, 7) is 4.60. The number of hydrazine groups is 1. The fraction of sp³-hybridized carbons (Fsp3) is 0.556. The Bertz CT molecular complexity index is 601. The first-order valence-electron chi connectivity index (χ1n) is 8.50. The van der Waals surface area contributed by atoms with Crippen LogP contribution in [0.2, 0.25) is 0 Å². The Morgan fingerprint density at radius 3 is 2.58 bits per heavy atom. The second-order valence-corrected chi connectivity index (χ2v) is 6.97. The molecule has 2 N–H and O–H groups in total. The van der Waals surface area contributed by atoms with Crippen molar-refractivity contribution < 1.29 is 14.4 Å². The molecule has 3 rings (SSSR count). The van der Waals surface area contributed by atoms with Crippen molar-refractivity contribution in [2.75, 3.05) is 6.54 Å². The van der Waals surface area contributed by atoms with Crippen molar-refractivity contribution in [2.24, 2.45) is 11.3 Å². The van der Waals surface area contributed by atoms with Crippen molar-refractivity contribution in [1.82, 2.24) is 15.9 Å². The molecule has 6 heteroatoms. The van der Waals surface area contributed by atoms with E-state index < -0.39 is 0 Å². The molecule has 24 heavy (non-hydrogen) atoms. The predicted octanol–water partition coefficient (Wildman–Crippen LogP) is 1.78. The normalized spacial score (nSPS) is 25.2. The minimum absolute atomic E-state index is 0.142. The maximum atomic E-state index is 12.3. The van der Waals surface area contributed by atoms with Crippen LogP contribution in [-0.2, 0) is 21.0 Å². The molecule has 1 heterocycles. The van der Waals surface area contributed by atoms with E-state index in [4.69, 9.17) is 4.84 Å². The van der Waals surface area contributed by atoms with Gasteiger partial charge in [-0.2, -0.15) is 5.06 Å². The zero-order valence-corrected chi connectivity index (χ0v) is 14.2. The number of benzene rings is 1. The molecule has 1 spiro atoms. The van der Waals surface area contributed by atoms with E-state index >= 15 is 0 Å². The molecule has 2 atom stereocenters. The largest absolute Gasteiger partial charge is 0.294 e. The second kappa shape index (κ2) is 6.91. The van der Waals surface area contributed by atoms with Gasteiger partial charge in [0.05, 0.1) is 12.5 Å². The van der Waals surface area contributed by atoms with Gasteiger partial charge < -0.3 is 0 Å². The monoisotopic (exact) mass is 331 g/mol. The smallest absolute Gasteiger partial charge is 0.242 e. The summed E-state index contributed by atoms with van der Waals surface area (Å²) < 4.78 is 0. The first-order chi connectivity index (χ1) is 11.5. The molecule has 2 aliphatic rings.